The zero-order valence-electron chi connectivity index (χ0n) is 16.1. The van der Waals surface area contributed by atoms with Crippen LogP contribution < -0.4 is 9.64 Å². The highest BCUT2D eigenvalue weighted by Gasteiger charge is 2.16. The van der Waals surface area contributed by atoms with Crippen LogP contribution in [0.5, 0.6) is 5.75 Å². The highest BCUT2D eigenvalue weighted by molar-refractivity contribution is 6.30. The van der Waals surface area contributed by atoms with Gasteiger partial charge in [0.25, 0.3) is 0 Å². The van der Waals surface area contributed by atoms with Gasteiger partial charge in [0.1, 0.15) is 18.2 Å². The van der Waals surface area contributed by atoms with Gasteiger partial charge in [-0.05, 0) is 49.7 Å². The minimum atomic E-state index is -0.329. The number of pyridine rings is 1. The van der Waals surface area contributed by atoms with E-state index < -0.39 is 0 Å². The molecule has 0 aliphatic carbocycles. The number of hydrogen-bond acceptors (Lipinski definition) is 6. The van der Waals surface area contributed by atoms with E-state index >= 15 is 0 Å². The smallest absolute Gasteiger partial charge is 0.339 e. The number of rotatable bonds is 7. The zero-order chi connectivity index (χ0) is 19.8. The Labute approximate surface area is 171 Å². The first-order chi connectivity index (χ1) is 13.7. The van der Waals surface area contributed by atoms with Crippen LogP contribution in [0.15, 0.2) is 42.6 Å². The van der Waals surface area contributed by atoms with Crippen molar-refractivity contribution in [3.8, 4) is 5.75 Å². The Hall–Kier alpha value is -2.31. The summed E-state index contributed by atoms with van der Waals surface area (Å²) in [6.45, 7) is 7.51. The number of hydrogen-bond donors (Lipinski definition) is 0. The summed E-state index contributed by atoms with van der Waals surface area (Å²) in [6, 6.07) is 11.1. The highest BCUT2D eigenvalue weighted by Crippen LogP contribution is 2.17. The summed E-state index contributed by atoms with van der Waals surface area (Å²) in [5, 5.41) is 0.712. The van der Waals surface area contributed by atoms with Crippen molar-refractivity contribution in [1.29, 1.82) is 0 Å². The predicted octanol–water partition coefficient (Wildman–Crippen LogP) is 3.50. The fourth-order valence-corrected chi connectivity index (χ4v) is 3.28. The first kappa shape index (κ1) is 20.4. The lowest BCUT2D eigenvalue weighted by molar-refractivity contribution is 0.0526. The van der Waals surface area contributed by atoms with E-state index in [0.29, 0.717) is 23.8 Å². The lowest BCUT2D eigenvalue weighted by Gasteiger charge is -2.23. The van der Waals surface area contributed by atoms with Crippen LogP contribution in [0, 0.1) is 0 Å². The van der Waals surface area contributed by atoms with E-state index in [1.165, 1.54) is 0 Å². The second kappa shape index (κ2) is 10.3. The number of benzene rings is 1. The van der Waals surface area contributed by atoms with Crippen LogP contribution >= 0.6 is 11.6 Å². The van der Waals surface area contributed by atoms with Crippen molar-refractivity contribution < 1.29 is 14.3 Å². The molecule has 1 saturated heterocycles. The zero-order valence-corrected chi connectivity index (χ0v) is 16.9. The molecule has 0 unspecified atom stereocenters. The molecule has 0 radical (unpaired) electrons. The molecular formula is C21H26ClN3O3. The maximum absolute atomic E-state index is 11.7. The van der Waals surface area contributed by atoms with E-state index in [4.69, 9.17) is 21.1 Å². The van der Waals surface area contributed by atoms with Gasteiger partial charge in [0, 0.05) is 43.9 Å². The second-order valence-electron chi connectivity index (χ2n) is 6.61. The van der Waals surface area contributed by atoms with E-state index in [9.17, 15) is 4.79 Å². The molecule has 6 nitrogen and oxygen atoms in total. The average Bonchev–Trinajstić information content (AvgIpc) is 2.96. The number of nitrogens with zero attached hydrogens (tertiary/aromatic N) is 3. The topological polar surface area (TPSA) is 54.9 Å². The normalized spacial score (nSPS) is 15.1. The summed E-state index contributed by atoms with van der Waals surface area (Å²) in [5.74, 6) is 1.41. The van der Waals surface area contributed by atoms with Gasteiger partial charge in [0.15, 0.2) is 0 Å². The maximum atomic E-state index is 11.7. The van der Waals surface area contributed by atoms with Gasteiger partial charge in [-0.3, -0.25) is 4.90 Å². The Morgan fingerprint density at radius 1 is 1.11 bits per heavy atom. The lowest BCUT2D eigenvalue weighted by atomic mass is 10.2. The van der Waals surface area contributed by atoms with Crippen molar-refractivity contribution in [2.75, 3.05) is 50.8 Å². The van der Waals surface area contributed by atoms with Crippen molar-refractivity contribution in [1.82, 2.24) is 9.88 Å². The first-order valence-corrected chi connectivity index (χ1v) is 10.0. The molecule has 0 bridgehead atoms. The third-order valence-corrected chi connectivity index (χ3v) is 4.91. The molecular weight excluding hydrogens is 378 g/mol. The number of aromatic nitrogens is 1. The van der Waals surface area contributed by atoms with Crippen LogP contribution in [0.3, 0.4) is 0 Å². The minimum absolute atomic E-state index is 0.329. The summed E-state index contributed by atoms with van der Waals surface area (Å²) < 4.78 is 10.8. The van der Waals surface area contributed by atoms with E-state index in [1.807, 2.05) is 30.3 Å². The van der Waals surface area contributed by atoms with Crippen molar-refractivity contribution >= 4 is 23.4 Å². The van der Waals surface area contributed by atoms with Crippen LogP contribution in [-0.4, -0.2) is 61.8 Å². The van der Waals surface area contributed by atoms with Crippen LogP contribution in [-0.2, 0) is 4.74 Å². The summed E-state index contributed by atoms with van der Waals surface area (Å²) >= 11 is 5.89. The molecule has 1 aromatic heterocycles. The maximum Gasteiger partial charge on any atom is 0.339 e. The van der Waals surface area contributed by atoms with E-state index in [-0.39, 0.29) is 5.97 Å². The Bertz CT molecular complexity index is 752. The van der Waals surface area contributed by atoms with Crippen LogP contribution in [0.1, 0.15) is 23.7 Å². The number of carbonyl (C=O) groups excluding carboxylic acids is 1. The number of carbonyl (C=O) groups is 1. The molecule has 1 aliphatic heterocycles. The third kappa shape index (κ3) is 5.84. The quantitative estimate of drug-likeness (QED) is 0.659. The molecule has 1 aromatic carbocycles. The van der Waals surface area contributed by atoms with E-state index in [0.717, 1.165) is 50.7 Å². The molecule has 3 rings (SSSR count). The molecule has 0 N–H and O–H groups in total. The fourth-order valence-electron chi connectivity index (χ4n) is 3.16. The highest BCUT2D eigenvalue weighted by atomic mass is 35.5. The number of halogens is 1. The van der Waals surface area contributed by atoms with Gasteiger partial charge >= 0.3 is 5.97 Å². The molecule has 0 atom stereocenters. The van der Waals surface area contributed by atoms with Gasteiger partial charge < -0.3 is 14.4 Å². The monoisotopic (exact) mass is 403 g/mol. The van der Waals surface area contributed by atoms with E-state index in [1.54, 1.807) is 19.2 Å². The Balaban J connectivity index is 1.46. The van der Waals surface area contributed by atoms with Crippen molar-refractivity contribution in [2.45, 2.75) is 13.3 Å². The first-order valence-electron chi connectivity index (χ1n) is 9.64. The van der Waals surface area contributed by atoms with Crippen LogP contribution in [0.2, 0.25) is 5.02 Å². The minimum Gasteiger partial charge on any atom is -0.492 e. The predicted molar refractivity (Wildman–Crippen MR) is 110 cm³/mol. The number of esters is 1. The van der Waals surface area contributed by atoms with Gasteiger partial charge in [-0.2, -0.15) is 0 Å². The van der Waals surface area contributed by atoms with Crippen molar-refractivity contribution in [3.63, 3.8) is 0 Å². The average molecular weight is 404 g/mol. The summed E-state index contributed by atoms with van der Waals surface area (Å²) in [4.78, 5) is 20.9. The van der Waals surface area contributed by atoms with E-state index in [2.05, 4.69) is 14.8 Å². The number of anilines is 1. The molecule has 7 heteroatoms. The summed E-state index contributed by atoms with van der Waals surface area (Å²) in [5.41, 5.74) is 0.487. The largest absolute Gasteiger partial charge is 0.492 e. The molecule has 0 saturated carbocycles. The molecule has 2 aromatic rings. The number of ether oxygens (including phenoxy) is 2. The van der Waals surface area contributed by atoms with Crippen molar-refractivity contribution in [2.24, 2.45) is 0 Å². The molecule has 28 heavy (non-hydrogen) atoms. The molecule has 0 amide bonds. The summed E-state index contributed by atoms with van der Waals surface area (Å²) in [6.07, 6.45) is 2.65. The Morgan fingerprint density at radius 3 is 2.64 bits per heavy atom. The van der Waals surface area contributed by atoms with Crippen LogP contribution in [0.25, 0.3) is 0 Å². The molecule has 150 valence electrons. The Kier molecular flexibility index (Phi) is 7.51. The standard InChI is InChI=1S/C21H26ClN3O3/c1-2-27-21(26)17-4-9-20(23-16-17)25-11-3-10-24(12-13-25)14-15-28-19-7-5-18(22)6-8-19/h4-9,16H,2-3,10-15H2,1H3. The van der Waals surface area contributed by atoms with Crippen LogP contribution in [0.4, 0.5) is 5.82 Å². The fraction of sp³-hybridized carbons (Fsp3) is 0.429. The van der Waals surface area contributed by atoms with Gasteiger partial charge in [-0.1, -0.05) is 11.6 Å². The molecule has 1 aliphatic rings. The second-order valence-corrected chi connectivity index (χ2v) is 7.05. The van der Waals surface area contributed by atoms with Crippen molar-refractivity contribution in [3.05, 3.63) is 53.2 Å². The van der Waals surface area contributed by atoms with Gasteiger partial charge in [0.2, 0.25) is 0 Å². The van der Waals surface area contributed by atoms with Gasteiger partial charge in [-0.25, -0.2) is 9.78 Å². The Morgan fingerprint density at radius 2 is 1.93 bits per heavy atom. The molecule has 1 fully saturated rings. The van der Waals surface area contributed by atoms with Gasteiger partial charge in [0.05, 0.1) is 12.2 Å². The third-order valence-electron chi connectivity index (χ3n) is 4.66. The molecule has 2 heterocycles. The lowest BCUT2D eigenvalue weighted by Crippen LogP contribution is -2.33. The van der Waals surface area contributed by atoms with Gasteiger partial charge in [-0.15, -0.1) is 0 Å². The summed E-state index contributed by atoms with van der Waals surface area (Å²) in [7, 11) is 0. The SMILES string of the molecule is CCOC(=O)c1ccc(N2CCCN(CCOc3ccc(Cl)cc3)CC2)nc1. The molecule has 0 spiro atoms.